The zero-order valence-electron chi connectivity index (χ0n) is 9.26. The predicted octanol–water partition coefficient (Wildman–Crippen LogP) is 1.37. The number of nitrogens with two attached hydrogens (primary N) is 1. The van der Waals surface area contributed by atoms with Crippen LogP contribution in [-0.4, -0.2) is 29.4 Å². The number of unbranched alkanes of at least 4 members (excludes halogenated alkanes) is 1. The molecule has 0 saturated carbocycles. The fourth-order valence-corrected chi connectivity index (χ4v) is 1.34. The Morgan fingerprint density at radius 1 is 1.38 bits per heavy atom. The van der Waals surface area contributed by atoms with E-state index in [4.69, 9.17) is 5.73 Å². The maximum atomic E-state index is 11.2. The quantitative estimate of drug-likeness (QED) is 0.681. The van der Waals surface area contributed by atoms with Gasteiger partial charge in [-0.1, -0.05) is 20.3 Å². The van der Waals surface area contributed by atoms with Crippen LogP contribution in [0.15, 0.2) is 0 Å². The molecule has 13 heavy (non-hydrogen) atoms. The van der Waals surface area contributed by atoms with Crippen molar-refractivity contribution in [1.82, 2.24) is 4.90 Å². The summed E-state index contributed by atoms with van der Waals surface area (Å²) in [4.78, 5) is 13.3. The molecule has 0 fully saturated rings. The number of primary amides is 1. The third-order valence-corrected chi connectivity index (χ3v) is 2.56. The van der Waals surface area contributed by atoms with Gasteiger partial charge in [0.25, 0.3) is 0 Å². The third kappa shape index (κ3) is 3.35. The van der Waals surface area contributed by atoms with Crippen LogP contribution in [0.5, 0.6) is 0 Å². The van der Waals surface area contributed by atoms with Gasteiger partial charge in [-0.05, 0) is 33.4 Å². The second-order valence-corrected chi connectivity index (χ2v) is 3.86. The fraction of sp³-hybridized carbons (Fsp3) is 0.900. The number of hydrogen-bond acceptors (Lipinski definition) is 2. The van der Waals surface area contributed by atoms with E-state index in [0.717, 1.165) is 25.9 Å². The van der Waals surface area contributed by atoms with Crippen molar-refractivity contribution in [2.75, 3.05) is 13.1 Å². The van der Waals surface area contributed by atoms with Gasteiger partial charge in [0.2, 0.25) is 5.91 Å². The van der Waals surface area contributed by atoms with Crippen LogP contribution in [0.1, 0.15) is 40.5 Å². The highest BCUT2D eigenvalue weighted by Gasteiger charge is 2.30. The Kier molecular flexibility index (Phi) is 4.99. The Morgan fingerprint density at radius 3 is 2.23 bits per heavy atom. The summed E-state index contributed by atoms with van der Waals surface area (Å²) in [5, 5.41) is 0. The first-order valence-corrected chi connectivity index (χ1v) is 5.01. The maximum absolute atomic E-state index is 11.2. The van der Waals surface area contributed by atoms with Gasteiger partial charge in [0.15, 0.2) is 0 Å². The van der Waals surface area contributed by atoms with Crippen LogP contribution in [0.2, 0.25) is 0 Å². The van der Waals surface area contributed by atoms with E-state index in [0.29, 0.717) is 0 Å². The lowest BCUT2D eigenvalue weighted by Gasteiger charge is -2.35. The van der Waals surface area contributed by atoms with Crippen molar-refractivity contribution in [3.63, 3.8) is 0 Å². The molecular formula is C10H22N2O. The van der Waals surface area contributed by atoms with E-state index in [9.17, 15) is 4.79 Å². The van der Waals surface area contributed by atoms with E-state index in [-0.39, 0.29) is 5.91 Å². The van der Waals surface area contributed by atoms with E-state index in [1.54, 1.807) is 0 Å². The van der Waals surface area contributed by atoms with E-state index in [2.05, 4.69) is 18.7 Å². The molecule has 0 aromatic carbocycles. The molecular weight excluding hydrogens is 164 g/mol. The summed E-state index contributed by atoms with van der Waals surface area (Å²) in [5.41, 5.74) is 4.83. The van der Waals surface area contributed by atoms with Gasteiger partial charge in [-0.15, -0.1) is 0 Å². The van der Waals surface area contributed by atoms with E-state index in [1.807, 2.05) is 13.8 Å². The lowest BCUT2D eigenvalue weighted by atomic mass is 10.0. The molecule has 1 amide bonds. The SMILES string of the molecule is CCCCN(CC)C(C)(C)C(N)=O. The smallest absolute Gasteiger partial charge is 0.237 e. The molecule has 0 aromatic heterocycles. The zero-order chi connectivity index (χ0) is 10.5. The highest BCUT2D eigenvalue weighted by molar-refractivity contribution is 5.83. The standard InChI is InChI=1S/C10H22N2O/c1-5-7-8-12(6-2)10(3,4)9(11)13/h5-8H2,1-4H3,(H2,11,13). The van der Waals surface area contributed by atoms with Gasteiger partial charge in [0.05, 0.1) is 5.54 Å². The second kappa shape index (κ2) is 5.22. The molecule has 2 N–H and O–H groups in total. The first-order chi connectivity index (χ1) is 5.96. The summed E-state index contributed by atoms with van der Waals surface area (Å²) in [6, 6.07) is 0. The molecule has 0 atom stereocenters. The van der Waals surface area contributed by atoms with Gasteiger partial charge < -0.3 is 5.73 Å². The van der Waals surface area contributed by atoms with E-state index < -0.39 is 5.54 Å². The minimum absolute atomic E-state index is 0.245. The van der Waals surface area contributed by atoms with Crippen molar-refractivity contribution in [1.29, 1.82) is 0 Å². The molecule has 3 nitrogen and oxygen atoms in total. The summed E-state index contributed by atoms with van der Waals surface area (Å²) < 4.78 is 0. The second-order valence-electron chi connectivity index (χ2n) is 3.86. The maximum Gasteiger partial charge on any atom is 0.237 e. The van der Waals surface area contributed by atoms with Crippen molar-refractivity contribution in [2.24, 2.45) is 5.73 Å². The van der Waals surface area contributed by atoms with Crippen LogP contribution < -0.4 is 5.73 Å². The molecule has 0 saturated heterocycles. The molecule has 3 heteroatoms. The largest absolute Gasteiger partial charge is 0.368 e. The van der Waals surface area contributed by atoms with Gasteiger partial charge in [0.1, 0.15) is 0 Å². The van der Waals surface area contributed by atoms with Crippen LogP contribution in [0.4, 0.5) is 0 Å². The van der Waals surface area contributed by atoms with Crippen LogP contribution in [0.3, 0.4) is 0 Å². The first-order valence-electron chi connectivity index (χ1n) is 5.01. The Labute approximate surface area is 81.3 Å². The van der Waals surface area contributed by atoms with Gasteiger partial charge in [-0.3, -0.25) is 9.69 Å². The third-order valence-electron chi connectivity index (χ3n) is 2.56. The Balaban J connectivity index is 4.28. The van der Waals surface area contributed by atoms with Crippen molar-refractivity contribution in [3.05, 3.63) is 0 Å². The molecule has 78 valence electrons. The molecule has 0 aliphatic carbocycles. The monoisotopic (exact) mass is 186 g/mol. The highest BCUT2D eigenvalue weighted by Crippen LogP contribution is 2.14. The molecule has 0 spiro atoms. The molecule has 0 bridgehead atoms. The predicted molar refractivity (Wildman–Crippen MR) is 55.4 cm³/mol. The van der Waals surface area contributed by atoms with Gasteiger partial charge >= 0.3 is 0 Å². The summed E-state index contributed by atoms with van der Waals surface area (Å²) in [7, 11) is 0. The average molecular weight is 186 g/mol. The normalized spacial score (nSPS) is 12.1. The zero-order valence-corrected chi connectivity index (χ0v) is 9.26. The Hall–Kier alpha value is -0.570. The minimum Gasteiger partial charge on any atom is -0.368 e. The number of carbonyl (C=O) groups excluding carboxylic acids is 1. The fourth-order valence-electron chi connectivity index (χ4n) is 1.34. The van der Waals surface area contributed by atoms with Crippen molar-refractivity contribution in [2.45, 2.75) is 46.1 Å². The van der Waals surface area contributed by atoms with Gasteiger partial charge in [-0.25, -0.2) is 0 Å². The molecule has 0 rings (SSSR count). The minimum atomic E-state index is -0.510. The van der Waals surface area contributed by atoms with Crippen LogP contribution in [0.25, 0.3) is 0 Å². The van der Waals surface area contributed by atoms with Crippen molar-refractivity contribution in [3.8, 4) is 0 Å². The number of rotatable bonds is 6. The molecule has 0 aliphatic heterocycles. The topological polar surface area (TPSA) is 46.3 Å². The van der Waals surface area contributed by atoms with Crippen molar-refractivity contribution >= 4 is 5.91 Å². The highest BCUT2D eigenvalue weighted by atomic mass is 16.1. The lowest BCUT2D eigenvalue weighted by Crippen LogP contribution is -2.53. The number of hydrogen-bond donors (Lipinski definition) is 1. The van der Waals surface area contributed by atoms with Crippen LogP contribution in [-0.2, 0) is 4.79 Å². The number of likely N-dealkylation sites (N-methyl/N-ethyl adjacent to an activating group) is 1. The molecule has 0 unspecified atom stereocenters. The molecule has 0 heterocycles. The van der Waals surface area contributed by atoms with Gasteiger partial charge in [-0.2, -0.15) is 0 Å². The molecule has 0 aliphatic rings. The lowest BCUT2D eigenvalue weighted by molar-refractivity contribution is -0.128. The number of carbonyl (C=O) groups is 1. The van der Waals surface area contributed by atoms with E-state index >= 15 is 0 Å². The summed E-state index contributed by atoms with van der Waals surface area (Å²) in [6.45, 7) is 9.79. The first kappa shape index (κ1) is 12.4. The Morgan fingerprint density at radius 2 is 1.92 bits per heavy atom. The Bertz CT molecular complexity index is 166. The summed E-state index contributed by atoms with van der Waals surface area (Å²) in [6.07, 6.45) is 2.26. The summed E-state index contributed by atoms with van der Waals surface area (Å²) in [5.74, 6) is -0.245. The molecule has 0 aromatic rings. The number of nitrogens with zero attached hydrogens (tertiary/aromatic N) is 1. The summed E-state index contributed by atoms with van der Waals surface area (Å²) >= 11 is 0. The van der Waals surface area contributed by atoms with Crippen LogP contribution >= 0.6 is 0 Å². The number of amides is 1. The molecule has 0 radical (unpaired) electrons. The van der Waals surface area contributed by atoms with Crippen molar-refractivity contribution < 1.29 is 4.79 Å². The van der Waals surface area contributed by atoms with Crippen LogP contribution in [0, 0.1) is 0 Å². The van der Waals surface area contributed by atoms with E-state index in [1.165, 1.54) is 0 Å². The average Bonchev–Trinajstić information content (AvgIpc) is 2.05. The van der Waals surface area contributed by atoms with Gasteiger partial charge in [0, 0.05) is 0 Å².